The molecule has 3 rings (SSSR count). The summed E-state index contributed by atoms with van der Waals surface area (Å²) in [5.41, 5.74) is 0.718. The van der Waals surface area contributed by atoms with E-state index >= 15 is 0 Å². The van der Waals surface area contributed by atoms with Crippen molar-refractivity contribution < 1.29 is 14.3 Å². The number of aryl methyl sites for hydroxylation is 1. The van der Waals surface area contributed by atoms with Crippen LogP contribution in [-0.2, 0) is 11.8 Å². The average Bonchev–Trinajstić information content (AvgIpc) is 2.95. The van der Waals surface area contributed by atoms with Crippen molar-refractivity contribution in [3.05, 3.63) is 65.6 Å². The summed E-state index contributed by atoms with van der Waals surface area (Å²) < 4.78 is 14.5. The monoisotopic (exact) mass is 336 g/mol. The van der Waals surface area contributed by atoms with Crippen molar-refractivity contribution in [3.63, 3.8) is 0 Å². The van der Waals surface area contributed by atoms with E-state index in [-0.39, 0.29) is 5.69 Å². The van der Waals surface area contributed by atoms with Crippen molar-refractivity contribution >= 4 is 28.3 Å². The van der Waals surface area contributed by atoms with E-state index in [1.165, 1.54) is 24.3 Å². The fourth-order valence-corrected chi connectivity index (χ4v) is 2.45. The first kappa shape index (κ1) is 16.2. The average molecular weight is 336 g/mol. The van der Waals surface area contributed by atoms with Gasteiger partial charge in [0.05, 0.1) is 5.52 Å². The van der Waals surface area contributed by atoms with Gasteiger partial charge in [0.1, 0.15) is 17.6 Å². The van der Waals surface area contributed by atoms with Gasteiger partial charge in [0, 0.05) is 18.1 Å². The van der Waals surface area contributed by atoms with Gasteiger partial charge in [-0.2, -0.15) is 10.4 Å². The van der Waals surface area contributed by atoms with Gasteiger partial charge >= 0.3 is 0 Å². The second kappa shape index (κ2) is 6.45. The van der Waals surface area contributed by atoms with Gasteiger partial charge in [-0.15, -0.1) is 0 Å². The first-order chi connectivity index (χ1) is 12.0. The van der Waals surface area contributed by atoms with Crippen LogP contribution < -0.4 is 5.32 Å². The Morgan fingerprint density at radius 2 is 1.92 bits per heavy atom. The maximum absolute atomic E-state index is 12.9. The molecule has 0 spiro atoms. The second-order valence-electron chi connectivity index (χ2n) is 5.29. The summed E-state index contributed by atoms with van der Waals surface area (Å²) in [6, 6.07) is 13.9. The molecule has 124 valence electrons. The number of amides is 1. The fourth-order valence-electron chi connectivity index (χ4n) is 2.45. The number of anilines is 1. The molecule has 0 bridgehead atoms. The van der Waals surface area contributed by atoms with E-state index in [4.69, 9.17) is 0 Å². The normalized spacial score (nSPS) is 11.7. The molecule has 25 heavy (non-hydrogen) atoms. The van der Waals surface area contributed by atoms with E-state index in [1.54, 1.807) is 29.9 Å². The van der Waals surface area contributed by atoms with Gasteiger partial charge < -0.3 is 10.4 Å². The van der Waals surface area contributed by atoms with Crippen molar-refractivity contribution in [2.24, 2.45) is 7.05 Å². The standard InChI is InChI=1S/C18H13FN4O2/c1-23-15-5-3-2-4-13(15)16(22-23)17(24)14(10-20)18(25)21-12-8-6-11(19)7-9-12/h2-9,24H,1H3,(H,21,25). The third kappa shape index (κ3) is 3.05. The number of nitrogens with one attached hydrogen (secondary N) is 1. The Kier molecular flexibility index (Phi) is 4.18. The Labute approximate surface area is 142 Å². The molecular weight excluding hydrogens is 323 g/mol. The summed E-state index contributed by atoms with van der Waals surface area (Å²) in [5.74, 6) is -1.77. The summed E-state index contributed by atoms with van der Waals surface area (Å²) in [5, 5.41) is 27.0. The number of para-hydroxylation sites is 1. The van der Waals surface area contributed by atoms with E-state index < -0.39 is 23.1 Å². The van der Waals surface area contributed by atoms with Crippen LogP contribution >= 0.6 is 0 Å². The third-order valence-corrected chi connectivity index (χ3v) is 3.66. The predicted molar refractivity (Wildman–Crippen MR) is 90.9 cm³/mol. The van der Waals surface area contributed by atoms with Crippen molar-refractivity contribution in [2.75, 3.05) is 5.32 Å². The van der Waals surface area contributed by atoms with Gasteiger partial charge in [-0.1, -0.05) is 18.2 Å². The molecule has 3 aromatic rings. The highest BCUT2D eigenvalue weighted by molar-refractivity contribution is 6.11. The third-order valence-electron chi connectivity index (χ3n) is 3.66. The van der Waals surface area contributed by atoms with Crippen LogP contribution in [0.15, 0.2) is 54.1 Å². The van der Waals surface area contributed by atoms with Crippen molar-refractivity contribution in [1.82, 2.24) is 9.78 Å². The van der Waals surface area contributed by atoms with Crippen LogP contribution in [-0.4, -0.2) is 20.8 Å². The molecule has 0 saturated heterocycles. The molecule has 1 amide bonds. The number of aromatic nitrogens is 2. The number of aliphatic hydroxyl groups excluding tert-OH is 1. The highest BCUT2D eigenvalue weighted by Gasteiger charge is 2.21. The number of hydrogen-bond acceptors (Lipinski definition) is 4. The van der Waals surface area contributed by atoms with E-state index in [9.17, 15) is 19.6 Å². The molecule has 2 aromatic carbocycles. The van der Waals surface area contributed by atoms with E-state index in [0.29, 0.717) is 11.1 Å². The minimum Gasteiger partial charge on any atom is -0.504 e. The lowest BCUT2D eigenvalue weighted by molar-refractivity contribution is -0.112. The minimum absolute atomic E-state index is 0.143. The SMILES string of the molecule is Cn1nc(C(O)=C(C#N)C(=O)Nc2ccc(F)cc2)c2ccccc21. The Morgan fingerprint density at radius 1 is 1.24 bits per heavy atom. The van der Waals surface area contributed by atoms with E-state index in [1.807, 2.05) is 12.1 Å². The van der Waals surface area contributed by atoms with Crippen LogP contribution in [0.25, 0.3) is 16.7 Å². The zero-order valence-electron chi connectivity index (χ0n) is 13.2. The van der Waals surface area contributed by atoms with Crippen LogP contribution in [0.3, 0.4) is 0 Å². The number of fused-ring (bicyclic) bond motifs is 1. The van der Waals surface area contributed by atoms with E-state index in [0.717, 1.165) is 5.52 Å². The molecule has 0 fully saturated rings. The van der Waals surface area contributed by atoms with Crippen molar-refractivity contribution in [3.8, 4) is 6.07 Å². The number of nitriles is 1. The van der Waals surface area contributed by atoms with Gasteiger partial charge in [0.25, 0.3) is 5.91 Å². The predicted octanol–water partition coefficient (Wildman–Crippen LogP) is 3.14. The van der Waals surface area contributed by atoms with Crippen LogP contribution in [0.1, 0.15) is 5.69 Å². The highest BCUT2D eigenvalue weighted by atomic mass is 19.1. The molecule has 0 radical (unpaired) electrons. The Balaban J connectivity index is 2.01. The fraction of sp³-hybridized carbons (Fsp3) is 0.0556. The van der Waals surface area contributed by atoms with Crippen LogP contribution in [0, 0.1) is 17.1 Å². The number of aliphatic hydroxyl groups is 1. The largest absolute Gasteiger partial charge is 0.504 e. The molecule has 7 heteroatoms. The number of carbonyl (C=O) groups excluding carboxylic acids is 1. The van der Waals surface area contributed by atoms with Gasteiger partial charge in [0.15, 0.2) is 11.3 Å². The number of rotatable bonds is 3. The molecule has 0 atom stereocenters. The zero-order chi connectivity index (χ0) is 18.0. The minimum atomic E-state index is -0.804. The molecule has 6 nitrogen and oxygen atoms in total. The quantitative estimate of drug-likeness (QED) is 0.437. The number of nitrogens with zero attached hydrogens (tertiary/aromatic N) is 3. The molecule has 1 aromatic heterocycles. The highest BCUT2D eigenvalue weighted by Crippen LogP contribution is 2.25. The Morgan fingerprint density at radius 3 is 2.60 bits per heavy atom. The van der Waals surface area contributed by atoms with Crippen molar-refractivity contribution in [1.29, 1.82) is 5.26 Å². The number of halogens is 1. The number of benzene rings is 2. The molecular formula is C18H13FN4O2. The Hall–Kier alpha value is -3.66. The molecule has 0 saturated carbocycles. The number of hydrogen-bond donors (Lipinski definition) is 2. The summed E-state index contributed by atoms with van der Waals surface area (Å²) in [4.78, 5) is 12.3. The van der Waals surface area contributed by atoms with Gasteiger partial charge in [-0.25, -0.2) is 4.39 Å². The molecule has 0 aliphatic carbocycles. The van der Waals surface area contributed by atoms with Gasteiger partial charge in [0.2, 0.25) is 0 Å². The van der Waals surface area contributed by atoms with Gasteiger partial charge in [-0.3, -0.25) is 9.48 Å². The summed E-state index contributed by atoms with van der Waals surface area (Å²) >= 11 is 0. The Bertz CT molecular complexity index is 1030. The van der Waals surface area contributed by atoms with Gasteiger partial charge in [-0.05, 0) is 30.3 Å². The number of carbonyl (C=O) groups is 1. The topological polar surface area (TPSA) is 90.9 Å². The first-order valence-electron chi connectivity index (χ1n) is 7.33. The maximum atomic E-state index is 12.9. The summed E-state index contributed by atoms with van der Waals surface area (Å²) in [7, 11) is 1.70. The molecule has 0 aliphatic rings. The van der Waals surface area contributed by atoms with Crippen LogP contribution in [0.2, 0.25) is 0 Å². The summed E-state index contributed by atoms with van der Waals surface area (Å²) in [6.07, 6.45) is 0. The first-order valence-corrected chi connectivity index (χ1v) is 7.33. The second-order valence-corrected chi connectivity index (χ2v) is 5.29. The lowest BCUT2D eigenvalue weighted by Gasteiger charge is -2.05. The lowest BCUT2D eigenvalue weighted by atomic mass is 10.1. The van der Waals surface area contributed by atoms with Crippen LogP contribution in [0.5, 0.6) is 0 Å². The molecule has 0 aliphatic heterocycles. The maximum Gasteiger partial charge on any atom is 0.270 e. The smallest absolute Gasteiger partial charge is 0.270 e. The van der Waals surface area contributed by atoms with Crippen molar-refractivity contribution in [2.45, 2.75) is 0 Å². The molecule has 1 heterocycles. The lowest BCUT2D eigenvalue weighted by Crippen LogP contribution is -2.15. The van der Waals surface area contributed by atoms with E-state index in [2.05, 4.69) is 10.4 Å². The molecule has 2 N–H and O–H groups in total. The molecule has 0 unspecified atom stereocenters. The zero-order valence-corrected chi connectivity index (χ0v) is 13.2. The van der Waals surface area contributed by atoms with Crippen LogP contribution in [0.4, 0.5) is 10.1 Å². The summed E-state index contributed by atoms with van der Waals surface area (Å²) in [6.45, 7) is 0.